The third kappa shape index (κ3) is 2.67. The molecule has 0 unspecified atom stereocenters. The molecule has 0 aliphatic carbocycles. The van der Waals surface area contributed by atoms with Crippen molar-refractivity contribution in [3.63, 3.8) is 0 Å². The second-order valence-electron chi connectivity index (χ2n) is 3.34. The number of carbonyl (C=O) groups is 1. The topological polar surface area (TPSA) is 79.9 Å². The van der Waals surface area contributed by atoms with Gasteiger partial charge in [0.25, 0.3) is 5.91 Å². The molecule has 18 heavy (non-hydrogen) atoms. The number of aromatic amines is 1. The standard InChI is InChI=1S/C11H11BrN4O2/c1-2-18-11-8(4-3-5-13-11)15-10(17)9-7(12)6-14-16-9/h3-6H,2H2,1H3,(H,14,16)(H,15,17). The van der Waals surface area contributed by atoms with Crippen LogP contribution in [0.25, 0.3) is 0 Å². The molecule has 2 heterocycles. The van der Waals surface area contributed by atoms with Crippen molar-refractivity contribution in [3.05, 3.63) is 34.7 Å². The third-order valence-electron chi connectivity index (χ3n) is 2.12. The van der Waals surface area contributed by atoms with Crippen LogP contribution in [0.1, 0.15) is 17.4 Å². The lowest BCUT2D eigenvalue weighted by molar-refractivity contribution is 0.102. The van der Waals surface area contributed by atoms with Crippen LogP contribution in [-0.2, 0) is 0 Å². The fourth-order valence-corrected chi connectivity index (χ4v) is 1.72. The first-order valence-electron chi connectivity index (χ1n) is 5.30. The van der Waals surface area contributed by atoms with E-state index in [0.29, 0.717) is 28.3 Å². The summed E-state index contributed by atoms with van der Waals surface area (Å²) in [6, 6.07) is 3.44. The molecule has 94 valence electrons. The Hall–Kier alpha value is -1.89. The molecule has 2 aromatic heterocycles. The van der Waals surface area contributed by atoms with Gasteiger partial charge in [0.15, 0.2) is 0 Å². The molecule has 1 amide bonds. The van der Waals surface area contributed by atoms with Gasteiger partial charge in [-0.25, -0.2) is 4.98 Å². The summed E-state index contributed by atoms with van der Waals surface area (Å²) in [7, 11) is 0. The zero-order chi connectivity index (χ0) is 13.0. The van der Waals surface area contributed by atoms with E-state index in [1.165, 1.54) is 6.20 Å². The predicted octanol–water partition coefficient (Wildman–Crippen LogP) is 2.22. The minimum absolute atomic E-state index is 0.312. The average molecular weight is 311 g/mol. The molecule has 2 aromatic rings. The molecule has 0 saturated heterocycles. The molecule has 0 fully saturated rings. The number of pyridine rings is 1. The largest absolute Gasteiger partial charge is 0.476 e. The Morgan fingerprint density at radius 1 is 1.61 bits per heavy atom. The fourth-order valence-electron chi connectivity index (χ4n) is 1.35. The molecular formula is C11H11BrN4O2. The Balaban J connectivity index is 2.19. The average Bonchev–Trinajstić information content (AvgIpc) is 2.78. The van der Waals surface area contributed by atoms with E-state index in [1.807, 2.05) is 6.92 Å². The summed E-state index contributed by atoms with van der Waals surface area (Å²) < 4.78 is 5.92. The number of H-pyrrole nitrogens is 1. The number of rotatable bonds is 4. The minimum Gasteiger partial charge on any atom is -0.476 e. The molecule has 7 heteroatoms. The van der Waals surface area contributed by atoms with Gasteiger partial charge >= 0.3 is 0 Å². The highest BCUT2D eigenvalue weighted by molar-refractivity contribution is 9.10. The molecule has 2 rings (SSSR count). The number of nitrogens with one attached hydrogen (secondary N) is 2. The van der Waals surface area contributed by atoms with Crippen molar-refractivity contribution in [1.82, 2.24) is 15.2 Å². The number of halogens is 1. The van der Waals surface area contributed by atoms with E-state index in [4.69, 9.17) is 4.74 Å². The predicted molar refractivity (Wildman–Crippen MR) is 69.6 cm³/mol. The van der Waals surface area contributed by atoms with Gasteiger partial charge in [0.05, 0.1) is 17.3 Å². The van der Waals surface area contributed by atoms with E-state index < -0.39 is 0 Å². The van der Waals surface area contributed by atoms with Crippen LogP contribution in [0.5, 0.6) is 5.88 Å². The molecule has 0 aliphatic rings. The quantitative estimate of drug-likeness (QED) is 0.907. The summed E-state index contributed by atoms with van der Waals surface area (Å²) >= 11 is 3.23. The summed E-state index contributed by atoms with van der Waals surface area (Å²) in [5.74, 6) is 0.0808. The maximum Gasteiger partial charge on any atom is 0.274 e. The van der Waals surface area contributed by atoms with Gasteiger partial charge in [-0.05, 0) is 35.0 Å². The van der Waals surface area contributed by atoms with Gasteiger partial charge in [-0.3, -0.25) is 9.89 Å². The second kappa shape index (κ2) is 5.63. The van der Waals surface area contributed by atoms with Crippen molar-refractivity contribution < 1.29 is 9.53 Å². The Bertz CT molecular complexity index is 555. The smallest absolute Gasteiger partial charge is 0.274 e. The molecule has 0 bridgehead atoms. The van der Waals surface area contributed by atoms with Gasteiger partial charge in [0.2, 0.25) is 5.88 Å². The summed E-state index contributed by atoms with van der Waals surface area (Å²) in [6.45, 7) is 2.33. The zero-order valence-electron chi connectivity index (χ0n) is 9.61. The van der Waals surface area contributed by atoms with E-state index >= 15 is 0 Å². The molecular weight excluding hydrogens is 300 g/mol. The van der Waals surface area contributed by atoms with E-state index in [9.17, 15) is 4.79 Å². The summed E-state index contributed by atoms with van der Waals surface area (Å²) in [4.78, 5) is 16.0. The van der Waals surface area contributed by atoms with E-state index in [2.05, 4.69) is 36.4 Å². The van der Waals surface area contributed by atoms with E-state index in [-0.39, 0.29) is 5.91 Å². The number of aromatic nitrogens is 3. The maximum absolute atomic E-state index is 12.0. The van der Waals surface area contributed by atoms with E-state index in [1.54, 1.807) is 18.3 Å². The Labute approximate surface area is 112 Å². The molecule has 0 radical (unpaired) electrons. The van der Waals surface area contributed by atoms with E-state index in [0.717, 1.165) is 0 Å². The van der Waals surface area contributed by atoms with Crippen molar-refractivity contribution in [1.29, 1.82) is 0 Å². The highest BCUT2D eigenvalue weighted by Gasteiger charge is 2.14. The number of hydrogen-bond acceptors (Lipinski definition) is 4. The summed E-state index contributed by atoms with van der Waals surface area (Å²) in [5.41, 5.74) is 0.868. The molecule has 6 nitrogen and oxygen atoms in total. The number of nitrogens with zero attached hydrogens (tertiary/aromatic N) is 2. The summed E-state index contributed by atoms with van der Waals surface area (Å²) in [5, 5.41) is 9.08. The van der Waals surface area contributed by atoms with Crippen LogP contribution in [-0.4, -0.2) is 27.7 Å². The normalized spacial score (nSPS) is 10.1. The molecule has 0 aromatic carbocycles. The second-order valence-corrected chi connectivity index (χ2v) is 4.19. The van der Waals surface area contributed by atoms with Gasteiger partial charge in [0, 0.05) is 6.20 Å². The van der Waals surface area contributed by atoms with Gasteiger partial charge in [-0.15, -0.1) is 0 Å². The van der Waals surface area contributed by atoms with Crippen LogP contribution in [0.4, 0.5) is 5.69 Å². The van der Waals surface area contributed by atoms with Crippen molar-refractivity contribution in [2.75, 3.05) is 11.9 Å². The fraction of sp³-hybridized carbons (Fsp3) is 0.182. The summed E-state index contributed by atoms with van der Waals surface area (Å²) in [6.07, 6.45) is 3.12. The van der Waals surface area contributed by atoms with Crippen LogP contribution < -0.4 is 10.1 Å². The van der Waals surface area contributed by atoms with Crippen molar-refractivity contribution in [3.8, 4) is 5.88 Å². The first kappa shape index (κ1) is 12.6. The van der Waals surface area contributed by atoms with Crippen molar-refractivity contribution in [2.45, 2.75) is 6.92 Å². The zero-order valence-corrected chi connectivity index (χ0v) is 11.2. The Morgan fingerprint density at radius 3 is 3.11 bits per heavy atom. The lowest BCUT2D eigenvalue weighted by Gasteiger charge is -2.09. The number of anilines is 1. The van der Waals surface area contributed by atoms with Crippen LogP contribution >= 0.6 is 15.9 Å². The van der Waals surface area contributed by atoms with Crippen molar-refractivity contribution >= 4 is 27.5 Å². The lowest BCUT2D eigenvalue weighted by atomic mass is 10.3. The van der Waals surface area contributed by atoms with Gasteiger partial charge in [-0.2, -0.15) is 5.10 Å². The van der Waals surface area contributed by atoms with Crippen LogP contribution in [0.2, 0.25) is 0 Å². The maximum atomic E-state index is 12.0. The first-order chi connectivity index (χ1) is 8.72. The van der Waals surface area contributed by atoms with Crippen LogP contribution in [0, 0.1) is 0 Å². The SMILES string of the molecule is CCOc1ncccc1NC(=O)c1[nH]ncc1Br. The molecule has 2 N–H and O–H groups in total. The lowest BCUT2D eigenvalue weighted by Crippen LogP contribution is -2.14. The number of ether oxygens (including phenoxy) is 1. The Kier molecular flexibility index (Phi) is 3.93. The Morgan fingerprint density at radius 2 is 2.44 bits per heavy atom. The van der Waals surface area contributed by atoms with Gasteiger partial charge in [0.1, 0.15) is 11.4 Å². The minimum atomic E-state index is -0.312. The molecule has 0 saturated carbocycles. The molecule has 0 atom stereocenters. The number of hydrogen-bond donors (Lipinski definition) is 2. The number of amides is 1. The highest BCUT2D eigenvalue weighted by atomic mass is 79.9. The van der Waals surface area contributed by atoms with Gasteiger partial charge < -0.3 is 10.1 Å². The third-order valence-corrected chi connectivity index (χ3v) is 2.72. The van der Waals surface area contributed by atoms with Crippen LogP contribution in [0.15, 0.2) is 29.0 Å². The van der Waals surface area contributed by atoms with Crippen LogP contribution in [0.3, 0.4) is 0 Å². The van der Waals surface area contributed by atoms with Gasteiger partial charge in [-0.1, -0.05) is 0 Å². The monoisotopic (exact) mass is 310 g/mol. The van der Waals surface area contributed by atoms with Crippen molar-refractivity contribution in [2.24, 2.45) is 0 Å². The molecule has 0 aliphatic heterocycles. The molecule has 0 spiro atoms. The first-order valence-corrected chi connectivity index (χ1v) is 6.09. The highest BCUT2D eigenvalue weighted by Crippen LogP contribution is 2.22. The number of carbonyl (C=O) groups excluding carboxylic acids is 1.